The number of nitrogens with one attached hydrogen (secondary N) is 2. The van der Waals surface area contributed by atoms with Crippen molar-refractivity contribution in [3.8, 4) is 0 Å². The molecule has 0 aromatic carbocycles. The Hall–Kier alpha value is -2.78. The van der Waals surface area contributed by atoms with E-state index >= 15 is 0 Å². The average Bonchev–Trinajstić information content (AvgIpc) is 3.11. The molecule has 0 radical (unpaired) electrons. The number of rotatable bonds is 3. The van der Waals surface area contributed by atoms with Crippen LogP contribution in [0.2, 0.25) is 0 Å². The van der Waals surface area contributed by atoms with Crippen LogP contribution < -0.4 is 10.6 Å². The molecular formula is C13H14F2N8. The standard InChI is InChI=1S/C13H14F2N8/c1-7-4-16-12-8(5-17-22(12)6-7)18-9-2-3-10-19-20-13(11(14)15)23(10)21-9/h2-3,5,7,11,16H,4,6H2,1H3,(H,18,21). The highest BCUT2D eigenvalue weighted by Gasteiger charge is 2.20. The van der Waals surface area contributed by atoms with Gasteiger partial charge in [-0.3, -0.25) is 0 Å². The molecule has 23 heavy (non-hydrogen) atoms. The molecule has 0 amide bonds. The summed E-state index contributed by atoms with van der Waals surface area (Å²) in [5.41, 5.74) is 1.02. The van der Waals surface area contributed by atoms with E-state index in [0.717, 1.165) is 29.1 Å². The number of nitrogens with zero attached hydrogens (tertiary/aromatic N) is 6. The number of aromatic nitrogens is 6. The summed E-state index contributed by atoms with van der Waals surface area (Å²) in [6.07, 6.45) is -1.05. The van der Waals surface area contributed by atoms with Gasteiger partial charge in [0, 0.05) is 13.1 Å². The summed E-state index contributed by atoms with van der Waals surface area (Å²) in [7, 11) is 0. The minimum absolute atomic E-state index is 0.273. The maximum absolute atomic E-state index is 12.9. The summed E-state index contributed by atoms with van der Waals surface area (Å²) in [4.78, 5) is 0. The average molecular weight is 320 g/mol. The summed E-state index contributed by atoms with van der Waals surface area (Å²) in [6.45, 7) is 3.82. The Morgan fingerprint density at radius 3 is 3.04 bits per heavy atom. The summed E-state index contributed by atoms with van der Waals surface area (Å²) in [5.74, 6) is 1.29. The van der Waals surface area contributed by atoms with Crippen molar-refractivity contribution in [1.29, 1.82) is 0 Å². The van der Waals surface area contributed by atoms with Gasteiger partial charge in [-0.05, 0) is 18.1 Å². The molecule has 1 aliphatic rings. The first-order chi connectivity index (χ1) is 11.1. The van der Waals surface area contributed by atoms with Gasteiger partial charge in [0.15, 0.2) is 11.5 Å². The molecule has 0 aliphatic carbocycles. The van der Waals surface area contributed by atoms with E-state index in [1.807, 2.05) is 4.68 Å². The monoisotopic (exact) mass is 320 g/mol. The SMILES string of the molecule is CC1CNc2c(Nc3ccc4nnc(C(F)F)n4n3)cnn2C1. The van der Waals surface area contributed by atoms with Gasteiger partial charge in [0.1, 0.15) is 11.5 Å². The van der Waals surface area contributed by atoms with Gasteiger partial charge in [-0.15, -0.1) is 15.3 Å². The van der Waals surface area contributed by atoms with Crippen molar-refractivity contribution in [2.45, 2.75) is 19.9 Å². The van der Waals surface area contributed by atoms with Gasteiger partial charge in [-0.2, -0.15) is 9.61 Å². The second kappa shape index (κ2) is 5.14. The van der Waals surface area contributed by atoms with Gasteiger partial charge in [-0.25, -0.2) is 13.5 Å². The van der Waals surface area contributed by atoms with Crippen molar-refractivity contribution in [2.24, 2.45) is 5.92 Å². The molecule has 0 bridgehead atoms. The zero-order chi connectivity index (χ0) is 16.0. The number of alkyl halides is 2. The van der Waals surface area contributed by atoms with Crippen molar-refractivity contribution < 1.29 is 8.78 Å². The van der Waals surface area contributed by atoms with E-state index in [1.165, 1.54) is 0 Å². The molecule has 4 heterocycles. The first kappa shape index (κ1) is 13.9. The molecule has 120 valence electrons. The van der Waals surface area contributed by atoms with Crippen LogP contribution in [0.5, 0.6) is 0 Å². The van der Waals surface area contributed by atoms with Crippen molar-refractivity contribution in [3.05, 3.63) is 24.2 Å². The molecule has 0 fully saturated rings. The van der Waals surface area contributed by atoms with Crippen LogP contribution >= 0.6 is 0 Å². The fourth-order valence-corrected chi connectivity index (χ4v) is 2.58. The predicted molar refractivity (Wildman–Crippen MR) is 78.9 cm³/mol. The molecule has 3 aromatic heterocycles. The van der Waals surface area contributed by atoms with Gasteiger partial charge in [0.2, 0.25) is 5.82 Å². The minimum atomic E-state index is -2.74. The smallest absolute Gasteiger partial charge is 0.299 e. The van der Waals surface area contributed by atoms with Gasteiger partial charge >= 0.3 is 0 Å². The van der Waals surface area contributed by atoms with Crippen molar-refractivity contribution >= 4 is 23.0 Å². The second-order valence-electron chi connectivity index (χ2n) is 5.55. The third-order valence-corrected chi connectivity index (χ3v) is 3.69. The van der Waals surface area contributed by atoms with E-state index < -0.39 is 12.2 Å². The quantitative estimate of drug-likeness (QED) is 0.768. The van der Waals surface area contributed by atoms with Crippen LogP contribution in [0, 0.1) is 5.92 Å². The van der Waals surface area contributed by atoms with Crippen LogP contribution in [0.3, 0.4) is 0 Å². The van der Waals surface area contributed by atoms with E-state index in [0.29, 0.717) is 11.7 Å². The third kappa shape index (κ3) is 2.35. The van der Waals surface area contributed by atoms with Crippen molar-refractivity contribution in [1.82, 2.24) is 29.6 Å². The molecule has 2 N–H and O–H groups in total. The van der Waals surface area contributed by atoms with Gasteiger partial charge in [0.05, 0.1) is 6.20 Å². The molecule has 0 saturated carbocycles. The summed E-state index contributed by atoms with van der Waals surface area (Å²) in [6, 6.07) is 3.24. The van der Waals surface area contributed by atoms with Crippen LogP contribution in [0.4, 0.5) is 26.1 Å². The molecular weight excluding hydrogens is 306 g/mol. The highest BCUT2D eigenvalue weighted by Crippen LogP contribution is 2.28. The first-order valence-electron chi connectivity index (χ1n) is 7.19. The number of fused-ring (bicyclic) bond motifs is 2. The predicted octanol–water partition coefficient (Wildman–Crippen LogP) is 2.06. The Morgan fingerprint density at radius 1 is 1.35 bits per heavy atom. The van der Waals surface area contributed by atoms with Gasteiger partial charge in [0.25, 0.3) is 6.43 Å². The van der Waals surface area contributed by atoms with Crippen LogP contribution in [-0.2, 0) is 6.54 Å². The largest absolute Gasteiger partial charge is 0.368 e. The Kier molecular flexibility index (Phi) is 3.10. The molecule has 1 aliphatic heterocycles. The molecule has 4 rings (SSSR count). The zero-order valence-electron chi connectivity index (χ0n) is 12.2. The van der Waals surface area contributed by atoms with Gasteiger partial charge in [-0.1, -0.05) is 6.92 Å². The first-order valence-corrected chi connectivity index (χ1v) is 7.19. The van der Waals surface area contributed by atoms with E-state index in [9.17, 15) is 8.78 Å². The number of anilines is 3. The number of hydrogen-bond donors (Lipinski definition) is 2. The lowest BCUT2D eigenvalue weighted by Crippen LogP contribution is -2.25. The fourth-order valence-electron chi connectivity index (χ4n) is 2.58. The van der Waals surface area contributed by atoms with Crippen molar-refractivity contribution in [3.63, 3.8) is 0 Å². The van der Waals surface area contributed by atoms with Crippen LogP contribution in [0.1, 0.15) is 19.2 Å². The Morgan fingerprint density at radius 2 is 2.22 bits per heavy atom. The maximum atomic E-state index is 12.9. The Balaban J connectivity index is 1.67. The normalized spacial score (nSPS) is 17.3. The second-order valence-corrected chi connectivity index (χ2v) is 5.55. The highest BCUT2D eigenvalue weighted by molar-refractivity contribution is 5.70. The number of halogens is 2. The molecule has 0 spiro atoms. The van der Waals surface area contributed by atoms with E-state index in [4.69, 9.17) is 0 Å². The van der Waals surface area contributed by atoms with Crippen LogP contribution in [0.15, 0.2) is 18.3 Å². The lowest BCUT2D eigenvalue weighted by molar-refractivity contribution is 0.137. The lowest BCUT2D eigenvalue weighted by atomic mass is 10.1. The lowest BCUT2D eigenvalue weighted by Gasteiger charge is -2.22. The molecule has 1 atom stereocenters. The van der Waals surface area contributed by atoms with Crippen molar-refractivity contribution in [2.75, 3.05) is 17.2 Å². The van der Waals surface area contributed by atoms with E-state index in [2.05, 4.69) is 38.0 Å². The van der Waals surface area contributed by atoms with Crippen LogP contribution in [0.25, 0.3) is 5.65 Å². The summed E-state index contributed by atoms with van der Waals surface area (Å²) >= 11 is 0. The third-order valence-electron chi connectivity index (χ3n) is 3.69. The zero-order valence-corrected chi connectivity index (χ0v) is 12.2. The molecule has 0 saturated heterocycles. The minimum Gasteiger partial charge on any atom is -0.368 e. The highest BCUT2D eigenvalue weighted by atomic mass is 19.3. The van der Waals surface area contributed by atoms with Gasteiger partial charge < -0.3 is 10.6 Å². The molecule has 1 unspecified atom stereocenters. The maximum Gasteiger partial charge on any atom is 0.299 e. The fraction of sp³-hybridized carbons (Fsp3) is 0.385. The Labute approximate surface area is 129 Å². The molecule has 10 heteroatoms. The topological polar surface area (TPSA) is 85.0 Å². The van der Waals surface area contributed by atoms with E-state index in [1.54, 1.807) is 18.3 Å². The van der Waals surface area contributed by atoms with Crippen LogP contribution in [-0.4, -0.2) is 36.1 Å². The summed E-state index contributed by atoms with van der Waals surface area (Å²) in [5, 5.41) is 22.0. The summed E-state index contributed by atoms with van der Waals surface area (Å²) < 4.78 is 28.7. The number of hydrogen-bond acceptors (Lipinski definition) is 6. The Bertz CT molecular complexity index is 855. The molecule has 8 nitrogen and oxygen atoms in total. The molecule has 3 aromatic rings. The van der Waals surface area contributed by atoms with E-state index in [-0.39, 0.29) is 5.65 Å².